The van der Waals surface area contributed by atoms with Gasteiger partial charge in [-0.15, -0.1) is 0 Å². The number of carbonyl (C=O) groups excluding carboxylic acids is 1. The zero-order chi connectivity index (χ0) is 12.0. The van der Waals surface area contributed by atoms with Gasteiger partial charge in [-0.1, -0.05) is 11.6 Å². The van der Waals surface area contributed by atoms with Crippen LogP contribution in [0.5, 0.6) is 0 Å². The van der Waals surface area contributed by atoms with Gasteiger partial charge in [0.1, 0.15) is 5.71 Å². The lowest BCUT2D eigenvalue weighted by Gasteiger charge is -2.03. The van der Waals surface area contributed by atoms with Crippen molar-refractivity contribution in [3.8, 4) is 0 Å². The third-order valence-electron chi connectivity index (χ3n) is 1.77. The van der Waals surface area contributed by atoms with Gasteiger partial charge in [0.2, 0.25) is 0 Å². The lowest BCUT2D eigenvalue weighted by atomic mass is 10.3. The lowest BCUT2D eigenvalue weighted by molar-refractivity contribution is -0.135. The van der Waals surface area contributed by atoms with Crippen LogP contribution in [0.1, 0.15) is 13.8 Å². The molecule has 0 heterocycles. The van der Waals surface area contributed by atoms with Crippen molar-refractivity contribution in [3.05, 3.63) is 29.3 Å². The van der Waals surface area contributed by atoms with Crippen molar-refractivity contribution in [3.63, 3.8) is 0 Å². The van der Waals surface area contributed by atoms with Crippen LogP contribution >= 0.6 is 11.6 Å². The van der Waals surface area contributed by atoms with E-state index >= 15 is 0 Å². The highest BCUT2D eigenvalue weighted by Gasteiger charge is 2.05. The van der Waals surface area contributed by atoms with Gasteiger partial charge in [-0.3, -0.25) is 5.43 Å². The van der Waals surface area contributed by atoms with Gasteiger partial charge in [0.05, 0.1) is 12.3 Å². The van der Waals surface area contributed by atoms with Gasteiger partial charge < -0.3 is 4.74 Å². The van der Waals surface area contributed by atoms with E-state index in [0.717, 1.165) is 5.69 Å². The minimum Gasteiger partial charge on any atom is -0.461 e. The Hall–Kier alpha value is -1.55. The molecule has 0 bridgehead atoms. The summed E-state index contributed by atoms with van der Waals surface area (Å²) in [5.74, 6) is -0.427. The molecule has 1 N–H and O–H groups in total. The number of halogens is 1. The minimum atomic E-state index is -0.427. The number of carbonyl (C=O) groups is 1. The summed E-state index contributed by atoms with van der Waals surface area (Å²) in [4.78, 5) is 11.2. The molecule has 0 aliphatic heterocycles. The summed E-state index contributed by atoms with van der Waals surface area (Å²) in [6.45, 7) is 3.67. The maximum atomic E-state index is 11.2. The number of esters is 1. The Bertz CT molecular complexity index is 387. The molecule has 4 nitrogen and oxygen atoms in total. The van der Waals surface area contributed by atoms with Crippen LogP contribution in [0.25, 0.3) is 0 Å². The van der Waals surface area contributed by atoms with Crippen molar-refractivity contribution < 1.29 is 9.53 Å². The second-order valence-corrected chi connectivity index (χ2v) is 3.47. The predicted molar refractivity (Wildman–Crippen MR) is 64.8 cm³/mol. The van der Waals surface area contributed by atoms with E-state index in [1.54, 1.807) is 38.1 Å². The topological polar surface area (TPSA) is 50.7 Å². The van der Waals surface area contributed by atoms with Crippen LogP contribution in [0, 0.1) is 0 Å². The Balaban J connectivity index is 2.58. The van der Waals surface area contributed by atoms with E-state index < -0.39 is 5.97 Å². The van der Waals surface area contributed by atoms with E-state index in [-0.39, 0.29) is 5.71 Å². The predicted octanol–water partition coefficient (Wildman–Crippen LogP) is 2.69. The first kappa shape index (κ1) is 12.5. The van der Waals surface area contributed by atoms with E-state index in [2.05, 4.69) is 10.5 Å². The molecule has 0 unspecified atom stereocenters. The molecule has 0 saturated heterocycles. The quantitative estimate of drug-likeness (QED) is 0.500. The fourth-order valence-electron chi connectivity index (χ4n) is 0.954. The molecular formula is C11H13ClN2O2. The SMILES string of the molecule is CCOC(=O)C(C)=NNc1ccc(Cl)cc1. The molecule has 0 aliphatic rings. The average Bonchev–Trinajstić information content (AvgIpc) is 2.28. The molecule has 0 aliphatic carbocycles. The van der Waals surface area contributed by atoms with Crippen LogP contribution in [0.4, 0.5) is 5.69 Å². The summed E-state index contributed by atoms with van der Waals surface area (Å²) >= 11 is 5.73. The maximum absolute atomic E-state index is 11.2. The molecule has 0 spiro atoms. The van der Waals surface area contributed by atoms with Gasteiger partial charge in [-0.05, 0) is 38.1 Å². The Morgan fingerprint density at radius 2 is 2.06 bits per heavy atom. The molecule has 0 amide bonds. The van der Waals surface area contributed by atoms with Gasteiger partial charge in [0.25, 0.3) is 0 Å². The van der Waals surface area contributed by atoms with E-state index in [9.17, 15) is 4.79 Å². The second-order valence-electron chi connectivity index (χ2n) is 3.04. The van der Waals surface area contributed by atoms with Crippen molar-refractivity contribution in [2.24, 2.45) is 5.10 Å². The number of ether oxygens (including phenoxy) is 1. The van der Waals surface area contributed by atoms with Gasteiger partial charge in [-0.25, -0.2) is 4.79 Å². The third-order valence-corrected chi connectivity index (χ3v) is 2.02. The highest BCUT2D eigenvalue weighted by atomic mass is 35.5. The third kappa shape index (κ3) is 3.90. The summed E-state index contributed by atoms with van der Waals surface area (Å²) in [7, 11) is 0. The molecule has 5 heteroatoms. The molecule has 0 radical (unpaired) electrons. The first-order chi connectivity index (χ1) is 7.63. The summed E-state index contributed by atoms with van der Waals surface area (Å²) in [6, 6.07) is 7.01. The van der Waals surface area contributed by atoms with E-state index in [1.165, 1.54) is 0 Å². The molecule has 0 saturated carbocycles. The monoisotopic (exact) mass is 240 g/mol. The van der Waals surface area contributed by atoms with Crippen molar-refractivity contribution in [1.29, 1.82) is 0 Å². The fraction of sp³-hybridized carbons (Fsp3) is 0.273. The van der Waals surface area contributed by atoms with E-state index in [4.69, 9.17) is 16.3 Å². The van der Waals surface area contributed by atoms with Crippen molar-refractivity contribution >= 4 is 29.0 Å². The van der Waals surface area contributed by atoms with Crippen molar-refractivity contribution in [2.75, 3.05) is 12.0 Å². The standard InChI is InChI=1S/C11H13ClN2O2/c1-3-16-11(15)8(2)13-14-10-6-4-9(12)5-7-10/h4-7,14H,3H2,1-2H3. The highest BCUT2D eigenvalue weighted by Crippen LogP contribution is 2.13. The van der Waals surface area contributed by atoms with Crippen LogP contribution in [0.15, 0.2) is 29.4 Å². The smallest absolute Gasteiger partial charge is 0.354 e. The zero-order valence-corrected chi connectivity index (χ0v) is 9.91. The normalized spacial score (nSPS) is 11.1. The molecule has 16 heavy (non-hydrogen) atoms. The number of benzene rings is 1. The minimum absolute atomic E-state index is 0.275. The molecule has 1 aromatic rings. The summed E-state index contributed by atoms with van der Waals surface area (Å²) in [5, 5.41) is 4.54. The Kier molecular flexibility index (Phi) is 4.79. The Morgan fingerprint density at radius 3 is 2.62 bits per heavy atom. The average molecular weight is 241 g/mol. The summed E-state index contributed by atoms with van der Waals surface area (Å²) in [5.41, 5.74) is 3.77. The number of hydrazone groups is 1. The van der Waals surface area contributed by atoms with Crippen LogP contribution in [0.2, 0.25) is 5.02 Å². The number of anilines is 1. The molecule has 0 atom stereocenters. The van der Waals surface area contributed by atoms with Crippen LogP contribution in [0.3, 0.4) is 0 Å². The fourth-order valence-corrected chi connectivity index (χ4v) is 1.08. The van der Waals surface area contributed by atoms with Crippen LogP contribution in [-0.2, 0) is 9.53 Å². The number of hydrogen-bond acceptors (Lipinski definition) is 4. The summed E-state index contributed by atoms with van der Waals surface area (Å²) in [6.07, 6.45) is 0. The lowest BCUT2D eigenvalue weighted by Crippen LogP contribution is -2.15. The first-order valence-electron chi connectivity index (χ1n) is 4.86. The van der Waals surface area contributed by atoms with Crippen LogP contribution < -0.4 is 5.43 Å². The molecule has 0 fully saturated rings. The Labute approximate surface area is 99.2 Å². The number of hydrogen-bond donors (Lipinski definition) is 1. The first-order valence-corrected chi connectivity index (χ1v) is 5.24. The molecule has 0 aromatic heterocycles. The molecule has 1 aromatic carbocycles. The molecule has 1 rings (SSSR count). The molecule has 86 valence electrons. The van der Waals surface area contributed by atoms with Crippen molar-refractivity contribution in [1.82, 2.24) is 0 Å². The zero-order valence-electron chi connectivity index (χ0n) is 9.16. The number of nitrogens with one attached hydrogen (secondary N) is 1. The highest BCUT2D eigenvalue weighted by molar-refractivity contribution is 6.35. The largest absolute Gasteiger partial charge is 0.461 e. The second kappa shape index (κ2) is 6.12. The molecular weight excluding hydrogens is 228 g/mol. The van der Waals surface area contributed by atoms with Crippen molar-refractivity contribution in [2.45, 2.75) is 13.8 Å². The van der Waals surface area contributed by atoms with E-state index in [1.807, 2.05) is 0 Å². The maximum Gasteiger partial charge on any atom is 0.354 e. The van der Waals surface area contributed by atoms with Gasteiger partial charge in [0, 0.05) is 5.02 Å². The van der Waals surface area contributed by atoms with Gasteiger partial charge in [-0.2, -0.15) is 5.10 Å². The Morgan fingerprint density at radius 1 is 1.44 bits per heavy atom. The van der Waals surface area contributed by atoms with Crippen LogP contribution in [-0.4, -0.2) is 18.3 Å². The van der Waals surface area contributed by atoms with Gasteiger partial charge in [0.15, 0.2) is 0 Å². The number of rotatable bonds is 4. The number of nitrogens with zero attached hydrogens (tertiary/aromatic N) is 1. The van der Waals surface area contributed by atoms with E-state index in [0.29, 0.717) is 11.6 Å². The van der Waals surface area contributed by atoms with Gasteiger partial charge >= 0.3 is 5.97 Å². The summed E-state index contributed by atoms with van der Waals surface area (Å²) < 4.78 is 4.78.